The third-order valence-corrected chi connectivity index (χ3v) is 5.24. The highest BCUT2D eigenvalue weighted by atomic mass is 16.5. The van der Waals surface area contributed by atoms with Crippen LogP contribution in [-0.4, -0.2) is 44.4 Å². The van der Waals surface area contributed by atoms with E-state index in [1.165, 1.54) is 12.8 Å². The lowest BCUT2D eigenvalue weighted by molar-refractivity contribution is 0.0201. The summed E-state index contributed by atoms with van der Waals surface area (Å²) in [6.45, 7) is 1.33. The highest BCUT2D eigenvalue weighted by Gasteiger charge is 2.26. The van der Waals surface area contributed by atoms with Gasteiger partial charge in [0.2, 0.25) is 5.89 Å². The van der Waals surface area contributed by atoms with E-state index in [9.17, 15) is 0 Å². The molecule has 2 fully saturated rings. The van der Waals surface area contributed by atoms with Crippen molar-refractivity contribution in [1.82, 2.24) is 25.1 Å². The standard InChI is InChI=1S/C20H18N6O2/c1-2-11(1)17-7-21-8-18(24-17)15-6-22-16-4-3-12(5-14(15)16)19-25-26-20(28-19)23-13-9-27-10-13/h3-8,11,13,22H,1-2,9-10H2,(H,23,26). The van der Waals surface area contributed by atoms with Gasteiger partial charge in [0.15, 0.2) is 0 Å². The number of nitrogens with zero attached hydrogens (tertiary/aromatic N) is 4. The molecule has 0 spiro atoms. The molecule has 1 aliphatic carbocycles. The Labute approximate surface area is 160 Å². The summed E-state index contributed by atoms with van der Waals surface area (Å²) in [5.74, 6) is 1.05. The van der Waals surface area contributed by atoms with Crippen molar-refractivity contribution in [3.05, 3.63) is 42.5 Å². The van der Waals surface area contributed by atoms with Gasteiger partial charge in [0.25, 0.3) is 0 Å². The van der Waals surface area contributed by atoms with Gasteiger partial charge < -0.3 is 19.5 Å². The minimum Gasteiger partial charge on any atom is -0.403 e. The number of rotatable bonds is 5. The smallest absolute Gasteiger partial charge is 0.316 e. The molecule has 8 nitrogen and oxygen atoms in total. The topological polar surface area (TPSA) is 102 Å². The normalized spacial score (nSPS) is 17.0. The zero-order valence-corrected chi connectivity index (χ0v) is 15.1. The molecule has 3 aromatic heterocycles. The molecule has 6 rings (SSSR count). The van der Waals surface area contributed by atoms with E-state index in [0.717, 1.165) is 33.4 Å². The largest absolute Gasteiger partial charge is 0.403 e. The minimum absolute atomic E-state index is 0.240. The number of H-pyrrole nitrogens is 1. The number of aromatic nitrogens is 5. The Morgan fingerprint density at radius 1 is 1.11 bits per heavy atom. The molecule has 0 atom stereocenters. The summed E-state index contributed by atoms with van der Waals surface area (Å²) in [7, 11) is 0. The first-order valence-electron chi connectivity index (χ1n) is 9.45. The molecule has 0 bridgehead atoms. The van der Waals surface area contributed by atoms with E-state index in [2.05, 4.69) is 31.5 Å². The van der Waals surface area contributed by atoms with E-state index in [0.29, 0.717) is 31.0 Å². The van der Waals surface area contributed by atoms with Gasteiger partial charge >= 0.3 is 6.01 Å². The summed E-state index contributed by atoms with van der Waals surface area (Å²) < 4.78 is 10.9. The Kier molecular flexibility index (Phi) is 3.45. The summed E-state index contributed by atoms with van der Waals surface area (Å²) >= 11 is 0. The van der Waals surface area contributed by atoms with Crippen molar-refractivity contribution >= 4 is 16.9 Å². The lowest BCUT2D eigenvalue weighted by Gasteiger charge is -2.25. The summed E-state index contributed by atoms with van der Waals surface area (Å²) in [6, 6.07) is 6.70. The number of aromatic amines is 1. The molecule has 0 amide bonds. The zero-order chi connectivity index (χ0) is 18.5. The van der Waals surface area contributed by atoms with Crippen LogP contribution in [0.15, 0.2) is 41.2 Å². The summed E-state index contributed by atoms with van der Waals surface area (Å²) in [5, 5.41) is 12.5. The number of fused-ring (bicyclic) bond motifs is 1. The Morgan fingerprint density at radius 2 is 2.04 bits per heavy atom. The van der Waals surface area contributed by atoms with Gasteiger partial charge in [0.1, 0.15) is 0 Å². The molecule has 2 aliphatic rings. The molecular weight excluding hydrogens is 356 g/mol. The van der Waals surface area contributed by atoms with Gasteiger partial charge in [0, 0.05) is 40.3 Å². The molecule has 1 aromatic carbocycles. The SMILES string of the molecule is c1cc2[nH]cc(-c3cncc(C4CC4)n3)c2cc1-c1nnc(NC2COC2)o1. The average Bonchev–Trinajstić information content (AvgIpc) is 3.29. The van der Waals surface area contributed by atoms with Crippen molar-refractivity contribution in [2.45, 2.75) is 24.8 Å². The van der Waals surface area contributed by atoms with E-state index >= 15 is 0 Å². The highest BCUT2D eigenvalue weighted by molar-refractivity contribution is 5.96. The number of ether oxygens (including phenoxy) is 1. The van der Waals surface area contributed by atoms with Crippen molar-refractivity contribution in [2.75, 3.05) is 18.5 Å². The summed E-state index contributed by atoms with van der Waals surface area (Å²) in [4.78, 5) is 12.5. The second-order valence-corrected chi connectivity index (χ2v) is 7.36. The van der Waals surface area contributed by atoms with Crippen LogP contribution in [0.2, 0.25) is 0 Å². The van der Waals surface area contributed by atoms with E-state index in [1.54, 1.807) is 0 Å². The third kappa shape index (κ3) is 2.73. The molecule has 1 aliphatic heterocycles. The third-order valence-electron chi connectivity index (χ3n) is 5.24. The highest BCUT2D eigenvalue weighted by Crippen LogP contribution is 2.39. The monoisotopic (exact) mass is 374 g/mol. The van der Waals surface area contributed by atoms with Crippen molar-refractivity contribution in [2.24, 2.45) is 0 Å². The van der Waals surface area contributed by atoms with Crippen molar-refractivity contribution in [3.63, 3.8) is 0 Å². The summed E-state index contributed by atoms with van der Waals surface area (Å²) in [6.07, 6.45) is 8.08. The van der Waals surface area contributed by atoms with Crippen LogP contribution >= 0.6 is 0 Å². The van der Waals surface area contributed by atoms with E-state index in [-0.39, 0.29) is 6.04 Å². The maximum absolute atomic E-state index is 5.78. The lowest BCUT2D eigenvalue weighted by atomic mass is 10.1. The Morgan fingerprint density at radius 3 is 2.86 bits per heavy atom. The predicted octanol–water partition coefficient (Wildman–Crippen LogP) is 3.36. The van der Waals surface area contributed by atoms with Gasteiger partial charge in [-0.15, -0.1) is 5.10 Å². The zero-order valence-electron chi connectivity index (χ0n) is 15.1. The molecule has 28 heavy (non-hydrogen) atoms. The molecule has 4 heterocycles. The van der Waals surface area contributed by atoms with Gasteiger partial charge in [-0.3, -0.25) is 4.98 Å². The average molecular weight is 374 g/mol. The molecule has 0 unspecified atom stereocenters. The Balaban J connectivity index is 1.36. The van der Waals surface area contributed by atoms with Crippen LogP contribution in [0.5, 0.6) is 0 Å². The number of anilines is 1. The molecule has 0 radical (unpaired) electrons. The van der Waals surface area contributed by atoms with Gasteiger partial charge in [0.05, 0.1) is 36.8 Å². The fraction of sp³-hybridized carbons (Fsp3) is 0.300. The van der Waals surface area contributed by atoms with Crippen LogP contribution in [0.1, 0.15) is 24.5 Å². The number of hydrogen-bond acceptors (Lipinski definition) is 7. The summed E-state index contributed by atoms with van der Waals surface area (Å²) in [5.41, 5.74) is 4.88. The number of benzene rings is 1. The first-order chi connectivity index (χ1) is 13.8. The maximum Gasteiger partial charge on any atom is 0.316 e. The predicted molar refractivity (Wildman–Crippen MR) is 103 cm³/mol. The molecule has 2 N–H and O–H groups in total. The molecule has 8 heteroatoms. The van der Waals surface area contributed by atoms with Crippen LogP contribution in [0.25, 0.3) is 33.6 Å². The first kappa shape index (κ1) is 15.8. The molecule has 140 valence electrons. The van der Waals surface area contributed by atoms with Gasteiger partial charge in [-0.05, 0) is 31.0 Å². The molecule has 4 aromatic rings. The van der Waals surface area contributed by atoms with Crippen molar-refractivity contribution < 1.29 is 9.15 Å². The van der Waals surface area contributed by atoms with Crippen LogP contribution in [-0.2, 0) is 4.74 Å². The van der Waals surface area contributed by atoms with Crippen LogP contribution in [0.3, 0.4) is 0 Å². The second kappa shape index (κ2) is 6.13. The minimum atomic E-state index is 0.240. The van der Waals surface area contributed by atoms with Gasteiger partial charge in [-0.25, -0.2) is 4.98 Å². The van der Waals surface area contributed by atoms with Crippen LogP contribution in [0.4, 0.5) is 6.01 Å². The maximum atomic E-state index is 5.78. The Bertz CT molecular complexity index is 1160. The molecule has 1 saturated carbocycles. The van der Waals surface area contributed by atoms with Crippen molar-refractivity contribution in [1.29, 1.82) is 0 Å². The molecule has 1 saturated heterocycles. The van der Waals surface area contributed by atoms with E-state index in [4.69, 9.17) is 14.1 Å². The van der Waals surface area contributed by atoms with E-state index < -0.39 is 0 Å². The Hall–Kier alpha value is -3.26. The molecular formula is C20H18N6O2. The lowest BCUT2D eigenvalue weighted by Crippen LogP contribution is -2.40. The van der Waals surface area contributed by atoms with E-state index in [1.807, 2.05) is 30.7 Å². The van der Waals surface area contributed by atoms with Crippen LogP contribution in [0, 0.1) is 0 Å². The van der Waals surface area contributed by atoms with Gasteiger partial charge in [-0.1, -0.05) is 5.10 Å². The fourth-order valence-electron chi connectivity index (χ4n) is 3.44. The van der Waals surface area contributed by atoms with Gasteiger partial charge in [-0.2, -0.15) is 0 Å². The van der Waals surface area contributed by atoms with Crippen molar-refractivity contribution in [3.8, 4) is 22.7 Å². The fourth-order valence-corrected chi connectivity index (χ4v) is 3.44. The van der Waals surface area contributed by atoms with Crippen LogP contribution < -0.4 is 5.32 Å². The first-order valence-corrected chi connectivity index (χ1v) is 9.45. The quantitative estimate of drug-likeness (QED) is 0.552. The number of nitrogens with one attached hydrogen (secondary N) is 2. The second-order valence-electron chi connectivity index (χ2n) is 7.36. The number of hydrogen-bond donors (Lipinski definition) is 2.